The van der Waals surface area contributed by atoms with Crippen LogP contribution in [0.3, 0.4) is 0 Å². The molecule has 0 aliphatic heterocycles. The minimum Gasteiger partial charge on any atom is -0.339 e. The number of aryl methyl sites for hydroxylation is 1. The average Bonchev–Trinajstić information content (AvgIpc) is 2.51. The molecule has 1 aromatic rings. The molecule has 6 nitrogen and oxygen atoms in total. The Morgan fingerprint density at radius 3 is 2.67 bits per heavy atom. The highest BCUT2D eigenvalue weighted by Gasteiger charge is 2.18. The Kier molecular flexibility index (Phi) is 5.22. The van der Waals surface area contributed by atoms with Crippen LogP contribution < -0.4 is 10.5 Å². The number of hydrogen-bond acceptors (Lipinski definition) is 4. The SMILES string of the molecule is C[C@@H](CN)NS(=O)(=O)c1cn(C)cn1.Cl. The fraction of sp³-hybridized carbons (Fsp3) is 0.571. The van der Waals surface area contributed by atoms with E-state index in [1.165, 1.54) is 12.5 Å². The third-order valence-corrected chi connectivity index (χ3v) is 3.14. The van der Waals surface area contributed by atoms with E-state index < -0.39 is 10.0 Å². The Balaban J connectivity index is 0.00000196. The lowest BCUT2D eigenvalue weighted by atomic mass is 10.4. The quantitative estimate of drug-likeness (QED) is 0.756. The molecule has 1 atom stereocenters. The summed E-state index contributed by atoms with van der Waals surface area (Å²) < 4.78 is 27.1. The molecule has 0 amide bonds. The third kappa shape index (κ3) is 3.78. The van der Waals surface area contributed by atoms with Crippen LogP contribution in [0.4, 0.5) is 0 Å². The molecule has 0 spiro atoms. The fourth-order valence-corrected chi connectivity index (χ4v) is 2.14. The second kappa shape index (κ2) is 5.45. The minimum absolute atomic E-state index is 0. The van der Waals surface area contributed by atoms with Gasteiger partial charge in [-0.15, -0.1) is 12.4 Å². The molecule has 0 aliphatic carbocycles. The van der Waals surface area contributed by atoms with E-state index in [1.807, 2.05) is 0 Å². The summed E-state index contributed by atoms with van der Waals surface area (Å²) in [5.74, 6) is 0. The number of nitrogens with two attached hydrogens (primary N) is 1. The summed E-state index contributed by atoms with van der Waals surface area (Å²) in [6.45, 7) is 1.95. The van der Waals surface area contributed by atoms with Crippen LogP contribution in [0.2, 0.25) is 0 Å². The van der Waals surface area contributed by atoms with Gasteiger partial charge in [-0.25, -0.2) is 18.1 Å². The number of nitrogens with one attached hydrogen (secondary N) is 1. The largest absolute Gasteiger partial charge is 0.339 e. The summed E-state index contributed by atoms with van der Waals surface area (Å²) in [6.07, 6.45) is 2.87. The predicted molar refractivity (Wildman–Crippen MR) is 59.3 cm³/mol. The van der Waals surface area contributed by atoms with Gasteiger partial charge in [0.05, 0.1) is 6.33 Å². The maximum absolute atomic E-state index is 11.6. The molecular formula is C7H15ClN4O2S. The molecule has 0 aromatic carbocycles. The van der Waals surface area contributed by atoms with Crippen molar-refractivity contribution in [3.8, 4) is 0 Å². The standard InChI is InChI=1S/C7H14N4O2S.ClH/c1-6(3-8)10-14(12,13)7-4-11(2)5-9-7;/h4-6,10H,3,8H2,1-2H3;1H/t6-;/m0./s1. The van der Waals surface area contributed by atoms with E-state index in [0.717, 1.165) is 0 Å². The smallest absolute Gasteiger partial charge is 0.259 e. The first kappa shape index (κ1) is 14.4. The van der Waals surface area contributed by atoms with Crippen LogP contribution in [0.15, 0.2) is 17.6 Å². The monoisotopic (exact) mass is 254 g/mol. The van der Waals surface area contributed by atoms with E-state index in [0.29, 0.717) is 0 Å². The van der Waals surface area contributed by atoms with E-state index in [9.17, 15) is 8.42 Å². The summed E-state index contributed by atoms with van der Waals surface area (Å²) >= 11 is 0. The molecule has 1 aromatic heterocycles. The van der Waals surface area contributed by atoms with Crippen LogP contribution >= 0.6 is 12.4 Å². The number of rotatable bonds is 4. The van der Waals surface area contributed by atoms with Gasteiger partial charge in [0.1, 0.15) is 0 Å². The van der Waals surface area contributed by atoms with Crippen molar-refractivity contribution in [2.75, 3.05) is 6.54 Å². The normalized spacial score (nSPS) is 13.3. The van der Waals surface area contributed by atoms with Gasteiger partial charge in [-0.1, -0.05) is 0 Å². The number of nitrogens with zero attached hydrogens (tertiary/aromatic N) is 2. The first-order valence-electron chi connectivity index (χ1n) is 4.16. The molecule has 0 unspecified atom stereocenters. The zero-order chi connectivity index (χ0) is 10.8. The molecule has 1 rings (SSSR count). The molecule has 0 saturated carbocycles. The Morgan fingerprint density at radius 1 is 1.67 bits per heavy atom. The number of imidazole rings is 1. The lowest BCUT2D eigenvalue weighted by molar-refractivity contribution is 0.559. The molecule has 88 valence electrons. The van der Waals surface area contributed by atoms with Gasteiger partial charge in [-0.05, 0) is 6.92 Å². The maximum atomic E-state index is 11.6. The summed E-state index contributed by atoms with van der Waals surface area (Å²) in [7, 11) is -1.81. The van der Waals surface area contributed by atoms with Crippen molar-refractivity contribution in [3.05, 3.63) is 12.5 Å². The molecule has 0 radical (unpaired) electrons. The van der Waals surface area contributed by atoms with Crippen molar-refractivity contribution < 1.29 is 8.42 Å². The highest BCUT2D eigenvalue weighted by atomic mass is 35.5. The summed E-state index contributed by atoms with van der Waals surface area (Å²) in [4.78, 5) is 3.75. The van der Waals surface area contributed by atoms with Crippen LogP contribution in [0, 0.1) is 0 Å². The van der Waals surface area contributed by atoms with E-state index in [1.54, 1.807) is 18.5 Å². The fourth-order valence-electron chi connectivity index (χ4n) is 0.901. The van der Waals surface area contributed by atoms with E-state index in [-0.39, 0.29) is 30.0 Å². The van der Waals surface area contributed by atoms with Crippen molar-refractivity contribution in [2.45, 2.75) is 18.0 Å². The zero-order valence-corrected chi connectivity index (χ0v) is 10.2. The Bertz CT molecular complexity index is 403. The lowest BCUT2D eigenvalue weighted by Gasteiger charge is -2.09. The number of hydrogen-bond donors (Lipinski definition) is 2. The Labute approximate surface area is 95.3 Å². The van der Waals surface area contributed by atoms with Crippen LogP contribution in [0.1, 0.15) is 6.92 Å². The second-order valence-corrected chi connectivity index (χ2v) is 4.80. The second-order valence-electron chi connectivity index (χ2n) is 3.14. The summed E-state index contributed by atoms with van der Waals surface area (Å²) in [5.41, 5.74) is 5.31. The number of aromatic nitrogens is 2. The van der Waals surface area contributed by atoms with Gasteiger partial charge < -0.3 is 10.3 Å². The molecule has 3 N–H and O–H groups in total. The zero-order valence-electron chi connectivity index (χ0n) is 8.54. The van der Waals surface area contributed by atoms with Crippen molar-refractivity contribution >= 4 is 22.4 Å². The maximum Gasteiger partial charge on any atom is 0.259 e. The van der Waals surface area contributed by atoms with Gasteiger partial charge in [0.15, 0.2) is 5.03 Å². The van der Waals surface area contributed by atoms with Gasteiger partial charge in [0, 0.05) is 25.8 Å². The first-order valence-corrected chi connectivity index (χ1v) is 5.64. The summed E-state index contributed by atoms with van der Waals surface area (Å²) in [6, 6.07) is -0.290. The molecule has 0 bridgehead atoms. The van der Waals surface area contributed by atoms with Crippen LogP contribution in [0.25, 0.3) is 0 Å². The molecule has 0 fully saturated rings. The highest BCUT2D eigenvalue weighted by Crippen LogP contribution is 2.04. The summed E-state index contributed by atoms with van der Waals surface area (Å²) in [5, 5.41) is 0.0142. The third-order valence-electron chi connectivity index (χ3n) is 1.67. The van der Waals surface area contributed by atoms with Crippen LogP contribution in [-0.4, -0.2) is 30.6 Å². The van der Waals surface area contributed by atoms with Crippen molar-refractivity contribution in [3.63, 3.8) is 0 Å². The highest BCUT2D eigenvalue weighted by molar-refractivity contribution is 7.89. The molecule has 1 heterocycles. The molecule has 0 saturated heterocycles. The van der Waals surface area contributed by atoms with Gasteiger partial charge in [0.25, 0.3) is 10.0 Å². The Morgan fingerprint density at radius 2 is 2.27 bits per heavy atom. The topological polar surface area (TPSA) is 90.0 Å². The van der Waals surface area contributed by atoms with E-state index in [2.05, 4.69) is 9.71 Å². The van der Waals surface area contributed by atoms with Crippen LogP contribution in [0.5, 0.6) is 0 Å². The van der Waals surface area contributed by atoms with Gasteiger partial charge >= 0.3 is 0 Å². The van der Waals surface area contributed by atoms with Gasteiger partial charge in [0.2, 0.25) is 0 Å². The lowest BCUT2D eigenvalue weighted by Crippen LogP contribution is -2.37. The van der Waals surface area contributed by atoms with Gasteiger partial charge in [-0.3, -0.25) is 0 Å². The Hall–Kier alpha value is -0.630. The molecule has 8 heteroatoms. The van der Waals surface area contributed by atoms with Gasteiger partial charge in [-0.2, -0.15) is 0 Å². The first-order chi connectivity index (χ1) is 6.45. The average molecular weight is 255 g/mol. The number of sulfonamides is 1. The van der Waals surface area contributed by atoms with Crippen molar-refractivity contribution in [1.82, 2.24) is 14.3 Å². The van der Waals surface area contributed by atoms with E-state index >= 15 is 0 Å². The molecular weight excluding hydrogens is 240 g/mol. The van der Waals surface area contributed by atoms with Crippen LogP contribution in [-0.2, 0) is 17.1 Å². The van der Waals surface area contributed by atoms with Crippen molar-refractivity contribution in [2.24, 2.45) is 12.8 Å². The minimum atomic E-state index is -3.51. The number of halogens is 1. The molecule has 15 heavy (non-hydrogen) atoms. The van der Waals surface area contributed by atoms with Crippen molar-refractivity contribution in [1.29, 1.82) is 0 Å². The molecule has 0 aliphatic rings. The van der Waals surface area contributed by atoms with E-state index in [4.69, 9.17) is 5.73 Å². The predicted octanol–water partition coefficient (Wildman–Crippen LogP) is -0.533.